The van der Waals surface area contributed by atoms with Crippen LogP contribution in [0.25, 0.3) is 0 Å². The Morgan fingerprint density at radius 1 is 1.06 bits per heavy atom. The van der Waals surface area contributed by atoms with Crippen LogP contribution in [0.4, 0.5) is 0 Å². The lowest BCUT2D eigenvalue weighted by molar-refractivity contribution is -0.205. The molecule has 6 saturated carbocycles. The molecule has 3 N–H and O–H groups in total. The molecule has 2 spiro atoms. The van der Waals surface area contributed by atoms with Gasteiger partial charge in [0.25, 0.3) is 0 Å². The highest BCUT2D eigenvalue weighted by atomic mass is 16.7. The number of ether oxygens (including phenoxy) is 3. The number of aliphatic hydroxyl groups excluding tert-OH is 1. The standard InChI is InChI=1S/C38H58N2O7/c1-4-25-26-9-10-27-29-18-31-28(8-7-24(46-31)19-39-34(22(2)41)35(43)44)36(29,3)13-14-38(27)21-37(26,38)12-11-30(25)47-33-20-40(15-16-45-33)32(42)17-23-5-6-23/h4,22-24,26-31,33-34,39,41H,5-21H2,1-3H3,(H,43,44)/b25-4+. The zero-order chi connectivity index (χ0) is 32.7. The van der Waals surface area contributed by atoms with Crippen LogP contribution in [0.15, 0.2) is 11.6 Å². The van der Waals surface area contributed by atoms with Gasteiger partial charge >= 0.3 is 5.97 Å². The van der Waals surface area contributed by atoms with E-state index in [-0.39, 0.29) is 30.5 Å². The first-order valence-electron chi connectivity index (χ1n) is 19.1. The minimum Gasteiger partial charge on any atom is -0.480 e. The van der Waals surface area contributed by atoms with Crippen LogP contribution in [0.1, 0.15) is 104 Å². The number of carboxylic acid groups (broad SMARTS) is 1. The molecular formula is C38H58N2O7. The van der Waals surface area contributed by atoms with E-state index < -0.39 is 18.1 Å². The Bertz CT molecular complexity index is 1270. The average Bonchev–Trinajstić information content (AvgIpc) is 3.96. The lowest BCUT2D eigenvalue weighted by Crippen LogP contribution is -2.52. The molecule has 6 aliphatic carbocycles. The Kier molecular flexibility index (Phi) is 8.39. The second-order valence-electron chi connectivity index (χ2n) is 17.3. The molecule has 13 atom stereocenters. The number of amides is 1. The normalized spacial score (nSPS) is 47.6. The molecule has 0 aromatic heterocycles. The number of hydrogen-bond donors (Lipinski definition) is 3. The second-order valence-corrected chi connectivity index (χ2v) is 17.3. The highest BCUT2D eigenvalue weighted by Crippen LogP contribution is 2.86. The number of allylic oxidation sites excluding steroid dienone is 1. The smallest absolute Gasteiger partial charge is 0.323 e. The van der Waals surface area contributed by atoms with E-state index in [0.29, 0.717) is 72.6 Å². The summed E-state index contributed by atoms with van der Waals surface area (Å²) >= 11 is 0. The number of carbonyl (C=O) groups is 2. The molecule has 47 heavy (non-hydrogen) atoms. The van der Waals surface area contributed by atoms with Gasteiger partial charge in [0.15, 0.2) is 6.29 Å². The molecule has 9 heteroatoms. The van der Waals surface area contributed by atoms with Crippen molar-refractivity contribution in [2.24, 2.45) is 45.8 Å². The van der Waals surface area contributed by atoms with Gasteiger partial charge in [-0.3, -0.25) is 14.9 Å². The maximum absolute atomic E-state index is 12.8. The van der Waals surface area contributed by atoms with Gasteiger partial charge in [0.2, 0.25) is 5.91 Å². The molecule has 0 radical (unpaired) electrons. The van der Waals surface area contributed by atoms with Crippen LogP contribution in [-0.4, -0.2) is 90.0 Å². The van der Waals surface area contributed by atoms with Gasteiger partial charge in [0.05, 0.1) is 37.6 Å². The van der Waals surface area contributed by atoms with E-state index in [0.717, 1.165) is 31.6 Å². The summed E-state index contributed by atoms with van der Waals surface area (Å²) in [5.74, 6) is 2.49. The van der Waals surface area contributed by atoms with Gasteiger partial charge in [-0.15, -0.1) is 0 Å². The van der Waals surface area contributed by atoms with Crippen molar-refractivity contribution in [2.75, 3.05) is 26.2 Å². The summed E-state index contributed by atoms with van der Waals surface area (Å²) in [5, 5.41) is 22.5. The molecule has 2 aliphatic heterocycles. The summed E-state index contributed by atoms with van der Waals surface area (Å²) in [7, 11) is 0. The van der Waals surface area contributed by atoms with Crippen LogP contribution >= 0.6 is 0 Å². The number of nitrogens with one attached hydrogen (secondary N) is 1. The van der Waals surface area contributed by atoms with Gasteiger partial charge in [0.1, 0.15) is 6.04 Å². The van der Waals surface area contributed by atoms with Crippen LogP contribution in [0.5, 0.6) is 0 Å². The molecule has 0 aromatic carbocycles. The van der Waals surface area contributed by atoms with Crippen molar-refractivity contribution in [3.05, 3.63) is 11.6 Å². The molecule has 0 aromatic rings. The highest BCUT2D eigenvalue weighted by molar-refractivity contribution is 5.76. The van der Waals surface area contributed by atoms with Crippen molar-refractivity contribution >= 4 is 11.9 Å². The summed E-state index contributed by atoms with van der Waals surface area (Å²) in [6.45, 7) is 8.59. The van der Waals surface area contributed by atoms with E-state index in [4.69, 9.17) is 14.2 Å². The van der Waals surface area contributed by atoms with Crippen molar-refractivity contribution in [2.45, 2.75) is 141 Å². The average molecular weight is 655 g/mol. The second kappa shape index (κ2) is 12.1. The third kappa shape index (κ3) is 5.35. The van der Waals surface area contributed by atoms with Gasteiger partial charge in [-0.2, -0.15) is 0 Å². The van der Waals surface area contributed by atoms with Gasteiger partial charge < -0.3 is 29.3 Å². The van der Waals surface area contributed by atoms with Gasteiger partial charge in [0, 0.05) is 19.5 Å². The lowest BCUT2D eigenvalue weighted by Gasteiger charge is -2.56. The van der Waals surface area contributed by atoms with Crippen LogP contribution in [0, 0.1) is 45.8 Å². The van der Waals surface area contributed by atoms with Crippen LogP contribution in [0.3, 0.4) is 0 Å². The molecular weight excluding hydrogens is 596 g/mol. The SMILES string of the molecule is C/C=C1/C(OC2CN(C(=O)CC3CC3)CCO2)CCC23CC24CCC2(C)C5CCC(CNC(C(=O)O)C(C)O)OC5CC2C4CCC13. The molecule has 13 unspecified atom stereocenters. The van der Waals surface area contributed by atoms with E-state index in [9.17, 15) is 19.8 Å². The summed E-state index contributed by atoms with van der Waals surface area (Å²) in [6.07, 6.45) is 16.6. The minimum atomic E-state index is -1.02. The maximum atomic E-state index is 12.8. The first kappa shape index (κ1) is 32.7. The fourth-order valence-electron chi connectivity index (χ4n) is 12.7. The number of morpholine rings is 1. The monoisotopic (exact) mass is 654 g/mol. The predicted molar refractivity (Wildman–Crippen MR) is 175 cm³/mol. The van der Waals surface area contributed by atoms with Gasteiger partial charge in [-0.25, -0.2) is 0 Å². The predicted octanol–water partition coefficient (Wildman–Crippen LogP) is 4.91. The Labute approximate surface area is 280 Å². The summed E-state index contributed by atoms with van der Waals surface area (Å²) in [4.78, 5) is 26.4. The van der Waals surface area contributed by atoms with E-state index in [1.807, 2.05) is 4.90 Å². The fraction of sp³-hybridized carbons (Fsp3) is 0.895. The zero-order valence-electron chi connectivity index (χ0n) is 28.8. The highest BCUT2D eigenvalue weighted by Gasteiger charge is 2.79. The molecule has 2 saturated heterocycles. The fourth-order valence-corrected chi connectivity index (χ4v) is 12.7. The van der Waals surface area contributed by atoms with E-state index in [2.05, 4.69) is 25.2 Å². The third-order valence-electron chi connectivity index (χ3n) is 15.2. The topological polar surface area (TPSA) is 118 Å². The minimum absolute atomic E-state index is 0.00151. The van der Waals surface area contributed by atoms with Crippen LogP contribution < -0.4 is 5.32 Å². The zero-order valence-corrected chi connectivity index (χ0v) is 28.8. The quantitative estimate of drug-likeness (QED) is 0.301. The lowest BCUT2D eigenvalue weighted by atomic mass is 9.49. The molecule has 0 bridgehead atoms. The number of rotatable bonds is 9. The number of fused-ring (bicyclic) bond motifs is 4. The molecule has 8 rings (SSSR count). The largest absolute Gasteiger partial charge is 0.480 e. The Hall–Kier alpha value is -1.52. The molecule has 9 nitrogen and oxygen atoms in total. The summed E-state index contributed by atoms with van der Waals surface area (Å²) < 4.78 is 19.6. The van der Waals surface area contributed by atoms with Crippen molar-refractivity contribution in [3.8, 4) is 0 Å². The first-order chi connectivity index (χ1) is 22.6. The molecule has 8 fully saturated rings. The van der Waals surface area contributed by atoms with Gasteiger partial charge in [-0.05, 0) is 142 Å². The number of aliphatic hydroxyl groups is 1. The number of nitrogens with zero attached hydrogens (tertiary/aromatic N) is 1. The number of carbonyl (C=O) groups excluding carboxylic acids is 1. The summed E-state index contributed by atoms with van der Waals surface area (Å²) in [5.41, 5.74) is 2.68. The summed E-state index contributed by atoms with van der Waals surface area (Å²) in [6, 6.07) is -0.963. The van der Waals surface area contributed by atoms with Crippen molar-refractivity contribution in [1.82, 2.24) is 10.2 Å². The van der Waals surface area contributed by atoms with E-state index in [1.54, 1.807) is 0 Å². The number of hydrogen-bond acceptors (Lipinski definition) is 7. The van der Waals surface area contributed by atoms with Crippen LogP contribution in [0.2, 0.25) is 0 Å². The van der Waals surface area contributed by atoms with Gasteiger partial charge in [-0.1, -0.05) is 13.0 Å². The first-order valence-corrected chi connectivity index (χ1v) is 19.1. The Morgan fingerprint density at radius 2 is 1.87 bits per heavy atom. The Balaban J connectivity index is 0.918. The van der Waals surface area contributed by atoms with Crippen molar-refractivity contribution in [1.29, 1.82) is 0 Å². The molecule has 1 amide bonds. The molecule has 2 heterocycles. The third-order valence-corrected chi connectivity index (χ3v) is 15.2. The molecule has 8 aliphatic rings. The van der Waals surface area contributed by atoms with Crippen molar-refractivity contribution < 1.29 is 34.0 Å². The maximum Gasteiger partial charge on any atom is 0.323 e. The molecule has 262 valence electrons. The number of carboxylic acids is 1. The van der Waals surface area contributed by atoms with Crippen molar-refractivity contribution in [3.63, 3.8) is 0 Å². The van der Waals surface area contributed by atoms with E-state index >= 15 is 0 Å². The van der Waals surface area contributed by atoms with E-state index in [1.165, 1.54) is 63.9 Å². The van der Waals surface area contributed by atoms with Crippen LogP contribution in [-0.2, 0) is 23.8 Å². The Morgan fingerprint density at radius 3 is 2.62 bits per heavy atom. The number of aliphatic carboxylic acids is 1.